The summed E-state index contributed by atoms with van der Waals surface area (Å²) in [5.74, 6) is -0.348. The van der Waals surface area contributed by atoms with Gasteiger partial charge in [0.2, 0.25) is 0 Å². The molecule has 1 aliphatic rings. The molecule has 0 saturated carbocycles. The Morgan fingerprint density at radius 2 is 1.50 bits per heavy atom. The maximum Gasteiger partial charge on any atom is 0.266 e. The molecule has 1 unspecified atom stereocenters. The number of nitrogens with zero attached hydrogens (tertiary/aromatic N) is 2. The smallest absolute Gasteiger partial charge is 0.266 e. The number of carbonyl (C=O) groups excluding carboxylic acids is 1. The first-order valence-corrected chi connectivity index (χ1v) is 11.1. The Kier molecular flexibility index (Phi) is 4.91. The van der Waals surface area contributed by atoms with Crippen molar-refractivity contribution in [2.24, 2.45) is 10.7 Å². The predicted octanol–water partition coefficient (Wildman–Crippen LogP) is 2.69. The number of rotatable bonds is 5. The lowest BCUT2D eigenvalue weighted by Crippen LogP contribution is -2.41. The van der Waals surface area contributed by atoms with Gasteiger partial charge in [-0.1, -0.05) is 72.8 Å². The van der Waals surface area contributed by atoms with Gasteiger partial charge < -0.3 is 5.73 Å². The number of guanidine groups is 1. The van der Waals surface area contributed by atoms with Gasteiger partial charge in [0.05, 0.1) is 10.6 Å². The molecular weight excluding hydrogens is 398 g/mol. The maximum absolute atomic E-state index is 13.3. The third-order valence-electron chi connectivity index (χ3n) is 5.24. The van der Waals surface area contributed by atoms with Gasteiger partial charge in [0.1, 0.15) is 0 Å². The van der Waals surface area contributed by atoms with Crippen molar-refractivity contribution in [2.45, 2.75) is 16.2 Å². The van der Waals surface area contributed by atoms with Gasteiger partial charge in [-0.25, -0.2) is 13.4 Å². The van der Waals surface area contributed by atoms with Crippen molar-refractivity contribution in [1.82, 2.24) is 4.90 Å². The fourth-order valence-electron chi connectivity index (χ4n) is 3.68. The van der Waals surface area contributed by atoms with Gasteiger partial charge in [0.15, 0.2) is 21.3 Å². The monoisotopic (exact) mass is 419 g/mol. The molecule has 4 rings (SSSR count). The van der Waals surface area contributed by atoms with Crippen molar-refractivity contribution in [3.05, 3.63) is 102 Å². The fraction of sp³-hybridized carbons (Fsp3) is 0.130. The Morgan fingerprint density at radius 1 is 0.900 bits per heavy atom. The molecule has 1 atom stereocenters. The van der Waals surface area contributed by atoms with Gasteiger partial charge in [-0.05, 0) is 28.8 Å². The summed E-state index contributed by atoms with van der Waals surface area (Å²) in [6.07, 6.45) is 0. The van der Waals surface area contributed by atoms with Crippen LogP contribution in [0, 0.1) is 0 Å². The van der Waals surface area contributed by atoms with E-state index in [1.807, 2.05) is 30.3 Å². The number of likely N-dealkylation sites (N-methyl/N-ethyl adjacent to an activating group) is 1. The van der Waals surface area contributed by atoms with E-state index in [0.29, 0.717) is 16.7 Å². The summed E-state index contributed by atoms with van der Waals surface area (Å²) >= 11 is 0. The Morgan fingerprint density at radius 3 is 2.10 bits per heavy atom. The average Bonchev–Trinajstić information content (AvgIpc) is 3.00. The molecule has 7 heteroatoms. The first-order chi connectivity index (χ1) is 14.3. The molecule has 3 aromatic carbocycles. The van der Waals surface area contributed by atoms with Crippen LogP contribution >= 0.6 is 0 Å². The van der Waals surface area contributed by atoms with Crippen LogP contribution in [0.3, 0.4) is 0 Å². The molecular formula is C23H21N3O3S. The first kappa shape index (κ1) is 19.8. The second-order valence-corrected chi connectivity index (χ2v) is 9.17. The third kappa shape index (κ3) is 3.27. The van der Waals surface area contributed by atoms with E-state index in [0.717, 1.165) is 0 Å². The summed E-state index contributed by atoms with van der Waals surface area (Å²) in [6.45, 7) is 0. The van der Waals surface area contributed by atoms with Crippen LogP contribution in [0.2, 0.25) is 0 Å². The van der Waals surface area contributed by atoms with Gasteiger partial charge in [-0.2, -0.15) is 0 Å². The van der Waals surface area contributed by atoms with Crippen molar-refractivity contribution in [3.63, 3.8) is 0 Å². The van der Waals surface area contributed by atoms with E-state index < -0.39 is 15.4 Å². The van der Waals surface area contributed by atoms with E-state index in [-0.39, 0.29) is 22.5 Å². The molecule has 3 aromatic rings. The second-order valence-electron chi connectivity index (χ2n) is 7.18. The molecule has 1 aliphatic heterocycles. The topological polar surface area (TPSA) is 92.8 Å². The van der Waals surface area contributed by atoms with Crippen LogP contribution in [0.15, 0.2) is 94.8 Å². The molecule has 6 nitrogen and oxygen atoms in total. The van der Waals surface area contributed by atoms with Crippen LogP contribution in [0.4, 0.5) is 0 Å². The van der Waals surface area contributed by atoms with Gasteiger partial charge in [-0.3, -0.25) is 9.69 Å². The summed E-state index contributed by atoms with van der Waals surface area (Å²) in [5, 5.41) is 0. The molecule has 1 heterocycles. The molecule has 30 heavy (non-hydrogen) atoms. The standard InChI is InChI=1S/C23H21N3O3S/c1-26-21(27)23(25-22(26)24,18-10-4-2-5-11-18)19-12-8-9-17(15-19)16-30(28,29)20-13-6-3-7-14-20/h2-15H,16H2,1H3,(H2,24,25). The van der Waals surface area contributed by atoms with Crippen LogP contribution in [0.1, 0.15) is 16.7 Å². The molecule has 152 valence electrons. The molecule has 0 fully saturated rings. The minimum absolute atomic E-state index is 0.117. The van der Waals surface area contributed by atoms with E-state index >= 15 is 0 Å². The van der Waals surface area contributed by atoms with Crippen molar-refractivity contribution in [3.8, 4) is 0 Å². The lowest BCUT2D eigenvalue weighted by Gasteiger charge is -2.26. The van der Waals surface area contributed by atoms with Crippen molar-refractivity contribution in [2.75, 3.05) is 7.05 Å². The number of sulfone groups is 1. The molecule has 1 amide bonds. The van der Waals surface area contributed by atoms with Crippen LogP contribution in [-0.4, -0.2) is 32.2 Å². The second kappa shape index (κ2) is 7.42. The van der Waals surface area contributed by atoms with Gasteiger partial charge in [0.25, 0.3) is 5.91 Å². The highest BCUT2D eigenvalue weighted by Crippen LogP contribution is 2.39. The highest BCUT2D eigenvalue weighted by molar-refractivity contribution is 7.90. The third-order valence-corrected chi connectivity index (χ3v) is 6.94. The predicted molar refractivity (Wildman–Crippen MR) is 115 cm³/mol. The number of hydrogen-bond donors (Lipinski definition) is 1. The SMILES string of the molecule is CN1C(=O)C(c2ccccc2)(c2cccc(CS(=O)(=O)c3ccccc3)c2)N=C1N. The molecule has 0 spiro atoms. The summed E-state index contributed by atoms with van der Waals surface area (Å²) in [6, 6.07) is 24.4. The number of benzene rings is 3. The summed E-state index contributed by atoms with van der Waals surface area (Å²) in [5.41, 5.74) is 6.47. The molecule has 0 aromatic heterocycles. The Balaban J connectivity index is 1.81. The minimum Gasteiger partial charge on any atom is -0.369 e. The van der Waals surface area contributed by atoms with Crippen LogP contribution in [0.25, 0.3) is 0 Å². The summed E-state index contributed by atoms with van der Waals surface area (Å²) in [7, 11) is -1.95. The lowest BCUT2D eigenvalue weighted by atomic mass is 9.82. The zero-order valence-electron chi connectivity index (χ0n) is 16.4. The van der Waals surface area contributed by atoms with Gasteiger partial charge >= 0.3 is 0 Å². The molecule has 0 radical (unpaired) electrons. The number of aliphatic imine (C=N–C) groups is 1. The minimum atomic E-state index is -3.53. The van der Waals surface area contributed by atoms with E-state index in [1.165, 1.54) is 4.90 Å². The number of nitrogens with two attached hydrogens (primary N) is 1. The number of carbonyl (C=O) groups is 1. The molecule has 0 aliphatic carbocycles. The zero-order chi connectivity index (χ0) is 21.4. The van der Waals surface area contributed by atoms with Crippen LogP contribution in [-0.2, 0) is 25.9 Å². The Labute approximate surface area is 175 Å². The normalized spacial score (nSPS) is 19.0. The maximum atomic E-state index is 13.3. The highest BCUT2D eigenvalue weighted by Gasteiger charge is 2.49. The van der Waals surface area contributed by atoms with Gasteiger partial charge in [-0.15, -0.1) is 0 Å². The fourth-order valence-corrected chi connectivity index (χ4v) is 5.04. The number of amides is 1. The average molecular weight is 420 g/mol. The van der Waals surface area contributed by atoms with Gasteiger partial charge in [0, 0.05) is 7.05 Å². The summed E-state index contributed by atoms with van der Waals surface area (Å²) in [4.78, 5) is 19.4. The van der Waals surface area contributed by atoms with Crippen LogP contribution in [0.5, 0.6) is 0 Å². The molecule has 0 bridgehead atoms. The van der Waals surface area contributed by atoms with E-state index in [2.05, 4.69) is 4.99 Å². The quantitative estimate of drug-likeness (QED) is 0.688. The van der Waals surface area contributed by atoms with Crippen molar-refractivity contribution in [1.29, 1.82) is 0 Å². The zero-order valence-corrected chi connectivity index (χ0v) is 17.2. The molecule has 0 saturated heterocycles. The highest BCUT2D eigenvalue weighted by atomic mass is 32.2. The first-order valence-electron chi connectivity index (χ1n) is 9.41. The Hall–Kier alpha value is -3.45. The molecule has 2 N–H and O–H groups in total. The van der Waals surface area contributed by atoms with E-state index in [9.17, 15) is 13.2 Å². The van der Waals surface area contributed by atoms with E-state index in [4.69, 9.17) is 5.73 Å². The van der Waals surface area contributed by atoms with Crippen molar-refractivity contribution < 1.29 is 13.2 Å². The van der Waals surface area contributed by atoms with Crippen LogP contribution < -0.4 is 5.73 Å². The summed E-state index contributed by atoms with van der Waals surface area (Å²) < 4.78 is 25.7. The number of hydrogen-bond acceptors (Lipinski definition) is 5. The Bertz CT molecular complexity index is 1220. The lowest BCUT2D eigenvalue weighted by molar-refractivity contribution is -0.129. The van der Waals surface area contributed by atoms with E-state index in [1.54, 1.807) is 61.6 Å². The van der Waals surface area contributed by atoms with Crippen molar-refractivity contribution >= 4 is 21.7 Å². The largest absolute Gasteiger partial charge is 0.369 e.